The Balaban J connectivity index is 1.97. The molecule has 2 rings (SSSR count). The summed E-state index contributed by atoms with van der Waals surface area (Å²) in [5, 5.41) is 3.37. The van der Waals surface area contributed by atoms with Crippen LogP contribution in [0.3, 0.4) is 0 Å². The maximum absolute atomic E-state index is 11.9. The zero-order valence-corrected chi connectivity index (χ0v) is 12.6. The zero-order chi connectivity index (χ0) is 14.5. The summed E-state index contributed by atoms with van der Waals surface area (Å²) in [5.41, 5.74) is 7.83. The second-order valence-electron chi connectivity index (χ2n) is 4.34. The number of hydrogen-bond donors (Lipinski definition) is 2. The van der Waals surface area contributed by atoms with E-state index in [0.717, 1.165) is 10.5 Å². The maximum atomic E-state index is 11.9. The molecule has 0 spiro atoms. The summed E-state index contributed by atoms with van der Waals surface area (Å²) in [4.78, 5) is 13.0. The summed E-state index contributed by atoms with van der Waals surface area (Å²) in [6.45, 7) is 1.87. The lowest BCUT2D eigenvalue weighted by molar-refractivity contribution is -0.113. The van der Waals surface area contributed by atoms with Gasteiger partial charge in [-0.3, -0.25) is 4.79 Å². The Hall–Kier alpha value is -1.65. The molecule has 2 aromatic carbocycles. The van der Waals surface area contributed by atoms with Crippen LogP contribution in [0.15, 0.2) is 47.4 Å². The molecule has 3 N–H and O–H groups in total. The van der Waals surface area contributed by atoms with Crippen molar-refractivity contribution in [1.82, 2.24) is 0 Å². The number of carbonyl (C=O) groups is 1. The predicted octanol–water partition coefficient (Wildman–Crippen LogP) is 3.96. The van der Waals surface area contributed by atoms with Gasteiger partial charge in [-0.05, 0) is 36.8 Å². The monoisotopic (exact) mass is 306 g/mol. The number of halogens is 1. The van der Waals surface area contributed by atoms with Gasteiger partial charge in [-0.15, -0.1) is 11.8 Å². The van der Waals surface area contributed by atoms with Crippen molar-refractivity contribution < 1.29 is 4.79 Å². The second kappa shape index (κ2) is 6.68. The third kappa shape index (κ3) is 3.92. The van der Waals surface area contributed by atoms with E-state index in [2.05, 4.69) is 5.32 Å². The van der Waals surface area contributed by atoms with Gasteiger partial charge in [-0.1, -0.05) is 29.8 Å². The van der Waals surface area contributed by atoms with Crippen molar-refractivity contribution in [2.45, 2.75) is 11.8 Å². The van der Waals surface area contributed by atoms with Crippen LogP contribution < -0.4 is 11.1 Å². The van der Waals surface area contributed by atoms with Crippen LogP contribution in [0, 0.1) is 6.92 Å². The summed E-state index contributed by atoms with van der Waals surface area (Å²) in [5.74, 6) is 0.222. The normalized spacial score (nSPS) is 10.3. The number of nitrogen functional groups attached to an aromatic ring is 1. The number of carbonyl (C=O) groups excluding carboxylic acids is 1. The van der Waals surface area contributed by atoms with E-state index in [-0.39, 0.29) is 5.91 Å². The van der Waals surface area contributed by atoms with Crippen molar-refractivity contribution in [3.05, 3.63) is 53.1 Å². The number of amides is 1. The summed E-state index contributed by atoms with van der Waals surface area (Å²) < 4.78 is 0. The van der Waals surface area contributed by atoms with Gasteiger partial charge in [-0.2, -0.15) is 0 Å². The summed E-state index contributed by atoms with van der Waals surface area (Å²) in [7, 11) is 0. The Morgan fingerprint density at radius 1 is 1.30 bits per heavy atom. The van der Waals surface area contributed by atoms with Gasteiger partial charge in [0.25, 0.3) is 0 Å². The predicted molar refractivity (Wildman–Crippen MR) is 86.4 cm³/mol. The fourth-order valence-electron chi connectivity index (χ4n) is 1.66. The molecule has 0 aliphatic heterocycles. The minimum atomic E-state index is -0.106. The third-order valence-electron chi connectivity index (χ3n) is 2.72. The van der Waals surface area contributed by atoms with Crippen LogP contribution in [0.5, 0.6) is 0 Å². The van der Waals surface area contributed by atoms with Crippen LogP contribution in [0.2, 0.25) is 5.02 Å². The Morgan fingerprint density at radius 2 is 2.00 bits per heavy atom. The van der Waals surface area contributed by atoms with Crippen molar-refractivity contribution in [3.63, 3.8) is 0 Å². The first-order valence-electron chi connectivity index (χ1n) is 6.09. The molecule has 0 aromatic heterocycles. The lowest BCUT2D eigenvalue weighted by atomic mass is 10.2. The molecule has 0 saturated carbocycles. The molecule has 0 aliphatic rings. The molecule has 0 atom stereocenters. The Morgan fingerprint density at radius 3 is 2.70 bits per heavy atom. The molecule has 104 valence electrons. The van der Waals surface area contributed by atoms with Gasteiger partial charge in [0, 0.05) is 9.92 Å². The first-order valence-corrected chi connectivity index (χ1v) is 7.46. The fourth-order valence-corrected chi connectivity index (χ4v) is 2.55. The Labute approximate surface area is 127 Å². The van der Waals surface area contributed by atoms with E-state index in [1.54, 1.807) is 12.1 Å². The second-order valence-corrected chi connectivity index (χ2v) is 5.79. The zero-order valence-electron chi connectivity index (χ0n) is 11.0. The average molecular weight is 307 g/mol. The van der Waals surface area contributed by atoms with Crippen molar-refractivity contribution >= 4 is 40.6 Å². The Bertz CT molecular complexity index is 617. The van der Waals surface area contributed by atoms with Crippen LogP contribution >= 0.6 is 23.4 Å². The highest BCUT2D eigenvalue weighted by Crippen LogP contribution is 2.27. The molecular formula is C15H15ClN2OS. The molecule has 2 aromatic rings. The lowest BCUT2D eigenvalue weighted by Crippen LogP contribution is -2.15. The van der Waals surface area contributed by atoms with Crippen molar-refractivity contribution in [1.29, 1.82) is 0 Å². The van der Waals surface area contributed by atoms with E-state index in [1.165, 1.54) is 11.8 Å². The minimum absolute atomic E-state index is 0.106. The van der Waals surface area contributed by atoms with Gasteiger partial charge in [0.05, 0.1) is 17.1 Å². The number of anilines is 2. The first kappa shape index (κ1) is 14.8. The minimum Gasteiger partial charge on any atom is -0.397 e. The maximum Gasteiger partial charge on any atom is 0.234 e. The van der Waals surface area contributed by atoms with Gasteiger partial charge in [-0.25, -0.2) is 0 Å². The molecule has 1 amide bonds. The number of hydrogen-bond acceptors (Lipinski definition) is 3. The average Bonchev–Trinajstić information content (AvgIpc) is 2.44. The van der Waals surface area contributed by atoms with Crippen LogP contribution in [-0.2, 0) is 4.79 Å². The number of benzene rings is 2. The van der Waals surface area contributed by atoms with E-state index < -0.39 is 0 Å². The lowest BCUT2D eigenvalue weighted by Gasteiger charge is -2.10. The van der Waals surface area contributed by atoms with E-state index >= 15 is 0 Å². The van der Waals surface area contributed by atoms with Gasteiger partial charge >= 0.3 is 0 Å². The number of nitrogens with two attached hydrogens (primary N) is 1. The van der Waals surface area contributed by atoms with Crippen molar-refractivity contribution in [2.75, 3.05) is 16.8 Å². The third-order valence-corrected chi connectivity index (χ3v) is 4.14. The molecule has 5 heteroatoms. The van der Waals surface area contributed by atoms with Gasteiger partial charge < -0.3 is 11.1 Å². The standard InChI is InChI=1S/C15H15ClN2OS/c1-10-7-13(17)14(8-12(10)16)18-15(19)9-20-11-5-3-2-4-6-11/h2-8H,9,17H2,1H3,(H,18,19). The number of nitrogens with one attached hydrogen (secondary N) is 1. The molecule has 0 aliphatic carbocycles. The SMILES string of the molecule is Cc1cc(N)c(NC(=O)CSc2ccccc2)cc1Cl. The molecule has 20 heavy (non-hydrogen) atoms. The molecule has 0 fully saturated rings. The first-order chi connectivity index (χ1) is 9.56. The summed E-state index contributed by atoms with van der Waals surface area (Å²) in [6, 6.07) is 13.2. The fraction of sp³-hybridized carbons (Fsp3) is 0.133. The van der Waals surface area contributed by atoms with Crippen LogP contribution in [0.25, 0.3) is 0 Å². The van der Waals surface area contributed by atoms with E-state index in [1.807, 2.05) is 37.3 Å². The largest absolute Gasteiger partial charge is 0.397 e. The molecule has 0 radical (unpaired) electrons. The molecular weight excluding hydrogens is 292 g/mol. The molecule has 0 unspecified atom stereocenters. The molecule has 0 bridgehead atoms. The van der Waals surface area contributed by atoms with Crippen LogP contribution in [0.1, 0.15) is 5.56 Å². The van der Waals surface area contributed by atoms with E-state index in [0.29, 0.717) is 22.2 Å². The van der Waals surface area contributed by atoms with Crippen molar-refractivity contribution in [3.8, 4) is 0 Å². The highest BCUT2D eigenvalue weighted by atomic mass is 35.5. The molecule has 3 nitrogen and oxygen atoms in total. The smallest absolute Gasteiger partial charge is 0.234 e. The number of thioether (sulfide) groups is 1. The van der Waals surface area contributed by atoms with Gasteiger partial charge in [0.1, 0.15) is 0 Å². The van der Waals surface area contributed by atoms with E-state index in [9.17, 15) is 4.79 Å². The number of aryl methyl sites for hydroxylation is 1. The van der Waals surface area contributed by atoms with E-state index in [4.69, 9.17) is 17.3 Å². The molecule has 0 heterocycles. The quantitative estimate of drug-likeness (QED) is 0.664. The van der Waals surface area contributed by atoms with Gasteiger partial charge in [0.15, 0.2) is 0 Å². The highest BCUT2D eigenvalue weighted by Gasteiger charge is 2.08. The topological polar surface area (TPSA) is 55.1 Å². The Kier molecular flexibility index (Phi) is 4.93. The van der Waals surface area contributed by atoms with Crippen molar-refractivity contribution in [2.24, 2.45) is 0 Å². The summed E-state index contributed by atoms with van der Waals surface area (Å²) >= 11 is 7.51. The van der Waals surface area contributed by atoms with Gasteiger partial charge in [0.2, 0.25) is 5.91 Å². The van der Waals surface area contributed by atoms with Crippen LogP contribution in [0.4, 0.5) is 11.4 Å². The number of rotatable bonds is 4. The summed E-state index contributed by atoms with van der Waals surface area (Å²) in [6.07, 6.45) is 0. The molecule has 0 saturated heterocycles. The van der Waals surface area contributed by atoms with Crippen LogP contribution in [-0.4, -0.2) is 11.7 Å². The highest BCUT2D eigenvalue weighted by molar-refractivity contribution is 8.00.